The number of ketones is 1. The molecule has 0 saturated carbocycles. The number of aliphatic hydroxyl groups is 1. The van der Waals surface area contributed by atoms with Crippen molar-refractivity contribution in [3.8, 4) is 0 Å². The van der Waals surface area contributed by atoms with Crippen LogP contribution in [0.1, 0.15) is 24.6 Å². The predicted molar refractivity (Wildman–Crippen MR) is 98.1 cm³/mol. The fourth-order valence-electron chi connectivity index (χ4n) is 3.30. The number of Topliss-reactive ketones (excluding diaryl/α,β-unsaturated/α-hetero) is 1. The molecule has 0 bridgehead atoms. The lowest BCUT2D eigenvalue weighted by atomic mass is 9.96. The molecule has 1 aromatic heterocycles. The number of hydrogen-bond acceptors (Lipinski definition) is 7. The molecular formula is C17H20N6O5. The third-order valence-corrected chi connectivity index (χ3v) is 4.73. The van der Waals surface area contributed by atoms with Crippen LogP contribution in [0.3, 0.4) is 0 Å². The van der Waals surface area contributed by atoms with Gasteiger partial charge in [-0.2, -0.15) is 0 Å². The summed E-state index contributed by atoms with van der Waals surface area (Å²) in [6.45, 7) is 1.53. The van der Waals surface area contributed by atoms with Gasteiger partial charge < -0.3 is 14.7 Å². The predicted octanol–water partition coefficient (Wildman–Crippen LogP) is 0.475. The Balaban J connectivity index is 1.87. The summed E-state index contributed by atoms with van der Waals surface area (Å²) in [5, 5.41) is 14.2. The van der Waals surface area contributed by atoms with Crippen LogP contribution in [0, 0.1) is 6.92 Å². The molecular weight excluding hydrogens is 368 g/mol. The van der Waals surface area contributed by atoms with Crippen molar-refractivity contribution in [2.24, 2.45) is 5.11 Å². The van der Waals surface area contributed by atoms with Gasteiger partial charge in [0, 0.05) is 41.9 Å². The Bertz CT molecular complexity index is 1000. The number of carbonyl (C=O) groups excluding carboxylic acids is 1. The number of allylic oxidation sites excluding steroid dienone is 1. The second kappa shape index (κ2) is 7.85. The summed E-state index contributed by atoms with van der Waals surface area (Å²) in [6.07, 6.45) is 3.37. The fourth-order valence-corrected chi connectivity index (χ4v) is 3.30. The molecule has 4 atom stereocenters. The lowest BCUT2D eigenvalue weighted by Gasteiger charge is -2.23. The highest BCUT2D eigenvalue weighted by Crippen LogP contribution is 2.33. The van der Waals surface area contributed by atoms with Crippen molar-refractivity contribution in [2.45, 2.75) is 44.2 Å². The molecule has 3 heterocycles. The molecule has 148 valence electrons. The molecule has 2 aliphatic heterocycles. The largest absolute Gasteiger partial charge is 0.382 e. The first-order valence-corrected chi connectivity index (χ1v) is 8.65. The molecule has 0 aliphatic carbocycles. The minimum Gasteiger partial charge on any atom is -0.382 e. The van der Waals surface area contributed by atoms with Gasteiger partial charge in [-0.15, -0.1) is 0 Å². The zero-order chi connectivity index (χ0) is 20.4. The molecule has 2 N–H and O–H groups in total. The van der Waals surface area contributed by atoms with Crippen LogP contribution in [-0.4, -0.2) is 50.6 Å². The lowest BCUT2D eigenvalue weighted by molar-refractivity contribution is -0.134. The van der Waals surface area contributed by atoms with Crippen molar-refractivity contribution >= 4 is 5.78 Å². The van der Waals surface area contributed by atoms with Crippen molar-refractivity contribution in [2.75, 3.05) is 7.05 Å². The summed E-state index contributed by atoms with van der Waals surface area (Å²) in [4.78, 5) is 43.0. The molecule has 11 heteroatoms. The minimum atomic E-state index is -1.56. The molecule has 11 nitrogen and oxygen atoms in total. The van der Waals surface area contributed by atoms with Gasteiger partial charge in [0.2, 0.25) is 0 Å². The second-order valence-electron chi connectivity index (χ2n) is 6.76. The van der Waals surface area contributed by atoms with E-state index < -0.39 is 41.5 Å². The minimum absolute atomic E-state index is 0.0727. The molecule has 2 aliphatic rings. The number of ether oxygens (including phenoxy) is 1. The number of aromatic nitrogens is 2. The van der Waals surface area contributed by atoms with Crippen molar-refractivity contribution in [1.29, 1.82) is 0 Å². The van der Waals surface area contributed by atoms with Gasteiger partial charge in [0.25, 0.3) is 5.56 Å². The van der Waals surface area contributed by atoms with Gasteiger partial charge >= 0.3 is 5.69 Å². The zero-order valence-electron chi connectivity index (χ0n) is 15.3. The molecule has 28 heavy (non-hydrogen) atoms. The number of H-pyrrole nitrogens is 1. The first kappa shape index (κ1) is 19.6. The number of carbonyl (C=O) groups is 1. The highest BCUT2D eigenvalue weighted by Gasteiger charge is 2.43. The number of aromatic amines is 1. The molecule has 0 radical (unpaired) electrons. The number of aryl methyl sites for hydroxylation is 1. The summed E-state index contributed by atoms with van der Waals surface area (Å²) in [5.74, 6) is -0.537. The third kappa shape index (κ3) is 3.77. The van der Waals surface area contributed by atoms with E-state index in [1.807, 2.05) is 0 Å². The molecule has 3 rings (SSSR count). The van der Waals surface area contributed by atoms with Crippen molar-refractivity contribution in [1.82, 2.24) is 14.5 Å². The third-order valence-electron chi connectivity index (χ3n) is 4.73. The summed E-state index contributed by atoms with van der Waals surface area (Å²) in [6, 6.07) is -0.856. The van der Waals surface area contributed by atoms with Crippen LogP contribution in [0.25, 0.3) is 10.4 Å². The Morgan fingerprint density at radius 2 is 2.25 bits per heavy atom. The van der Waals surface area contributed by atoms with E-state index in [9.17, 15) is 19.5 Å². The van der Waals surface area contributed by atoms with E-state index in [2.05, 4.69) is 15.0 Å². The Hall–Kier alpha value is -3.14. The quantitative estimate of drug-likeness (QED) is 0.425. The molecule has 0 amide bonds. The van der Waals surface area contributed by atoms with E-state index in [1.54, 1.807) is 30.4 Å². The Morgan fingerprint density at radius 3 is 2.93 bits per heavy atom. The standard InChI is InChI=1S/C17H20N6O5/c1-9-7-23(17(27)19-16(9)26)12-6-11(20-21-18)15(28-12)14(25)13(24)10-4-3-5-22(2)8-10/h3,5,7-8,11-12,14-15,25H,4,6H2,1-2H3,(H,19,26,27)/t11?,12-,14?,15+/m1/s1. The smallest absolute Gasteiger partial charge is 0.330 e. The van der Waals surface area contributed by atoms with Crippen LogP contribution in [0.4, 0.5) is 0 Å². The van der Waals surface area contributed by atoms with Crippen molar-refractivity contribution in [3.05, 3.63) is 67.1 Å². The first-order valence-electron chi connectivity index (χ1n) is 8.65. The van der Waals surface area contributed by atoms with Gasteiger partial charge in [0.1, 0.15) is 18.4 Å². The number of rotatable bonds is 5. The Morgan fingerprint density at radius 1 is 1.50 bits per heavy atom. The highest BCUT2D eigenvalue weighted by molar-refractivity contribution is 5.99. The summed E-state index contributed by atoms with van der Waals surface area (Å²) >= 11 is 0. The van der Waals surface area contributed by atoms with Crippen LogP contribution in [0.2, 0.25) is 0 Å². The van der Waals surface area contributed by atoms with Crippen LogP contribution >= 0.6 is 0 Å². The Labute approximate surface area is 159 Å². The maximum absolute atomic E-state index is 12.7. The van der Waals surface area contributed by atoms with Crippen LogP contribution < -0.4 is 11.2 Å². The van der Waals surface area contributed by atoms with Gasteiger partial charge in [-0.1, -0.05) is 11.2 Å². The van der Waals surface area contributed by atoms with Crippen LogP contribution in [0.15, 0.2) is 44.9 Å². The van der Waals surface area contributed by atoms with Crippen LogP contribution in [-0.2, 0) is 9.53 Å². The van der Waals surface area contributed by atoms with Gasteiger partial charge in [0.15, 0.2) is 5.78 Å². The monoisotopic (exact) mass is 388 g/mol. The summed E-state index contributed by atoms with van der Waals surface area (Å²) in [7, 11) is 1.76. The fraction of sp³-hybridized carbons (Fsp3) is 0.471. The second-order valence-corrected chi connectivity index (χ2v) is 6.76. The van der Waals surface area contributed by atoms with Crippen molar-refractivity contribution in [3.63, 3.8) is 0 Å². The Kier molecular flexibility index (Phi) is 5.50. The maximum Gasteiger partial charge on any atom is 0.330 e. The summed E-state index contributed by atoms with van der Waals surface area (Å²) in [5.41, 5.74) is 8.31. The maximum atomic E-state index is 12.7. The molecule has 1 fully saturated rings. The van der Waals surface area contributed by atoms with E-state index in [1.165, 1.54) is 13.1 Å². The lowest BCUT2D eigenvalue weighted by Crippen LogP contribution is -2.41. The van der Waals surface area contributed by atoms with E-state index in [0.717, 1.165) is 4.57 Å². The van der Waals surface area contributed by atoms with E-state index in [-0.39, 0.29) is 6.42 Å². The highest BCUT2D eigenvalue weighted by atomic mass is 16.5. The average Bonchev–Trinajstić information content (AvgIpc) is 3.07. The molecule has 1 aromatic rings. The molecule has 0 aromatic carbocycles. The van der Waals surface area contributed by atoms with E-state index in [0.29, 0.717) is 17.6 Å². The van der Waals surface area contributed by atoms with Gasteiger partial charge in [-0.3, -0.25) is 19.1 Å². The van der Waals surface area contributed by atoms with Crippen molar-refractivity contribution < 1.29 is 14.6 Å². The topological polar surface area (TPSA) is 153 Å². The first-order chi connectivity index (χ1) is 13.3. The van der Waals surface area contributed by atoms with Gasteiger partial charge in [-0.25, -0.2) is 4.79 Å². The number of hydrogen-bond donors (Lipinski definition) is 2. The number of azide groups is 1. The van der Waals surface area contributed by atoms with E-state index in [4.69, 9.17) is 10.3 Å². The average molecular weight is 388 g/mol. The molecule has 1 saturated heterocycles. The van der Waals surface area contributed by atoms with Crippen LogP contribution in [0.5, 0.6) is 0 Å². The molecule has 2 unspecified atom stereocenters. The van der Waals surface area contributed by atoms with Gasteiger partial charge in [-0.05, 0) is 25.1 Å². The van der Waals surface area contributed by atoms with Gasteiger partial charge in [0.05, 0.1) is 6.04 Å². The number of nitrogens with one attached hydrogen (secondary N) is 1. The number of aliphatic hydroxyl groups excluding tert-OH is 1. The van der Waals surface area contributed by atoms with E-state index >= 15 is 0 Å². The zero-order valence-corrected chi connectivity index (χ0v) is 15.3. The molecule has 0 spiro atoms. The normalized spacial score (nSPS) is 25.2. The SMILES string of the molecule is Cc1cn([C@H]2CC(N=[N+]=[N-])[C@@H](C(O)C(=O)C3=CN(C)C=CC3)O2)c(=O)[nH]c1=O. The number of nitrogens with zero attached hydrogens (tertiary/aromatic N) is 5. The summed E-state index contributed by atoms with van der Waals surface area (Å²) < 4.78 is 6.89.